The van der Waals surface area contributed by atoms with Crippen LogP contribution in [-0.2, 0) is 20.1 Å². The number of primary sulfonamides is 1. The number of hydrogen-bond acceptors (Lipinski definition) is 7. The summed E-state index contributed by atoms with van der Waals surface area (Å²) < 4.78 is 54.3. The first-order valence-corrected chi connectivity index (χ1v) is 11.0. The minimum atomic E-state index is -4.45. The van der Waals surface area contributed by atoms with Crippen LogP contribution < -0.4 is 10.5 Å². The molecule has 14 heteroatoms. The molecular formula is C15H13N5O6S3. The lowest BCUT2D eigenvalue weighted by Crippen LogP contribution is -2.12. The molecule has 0 spiro atoms. The first-order valence-electron chi connectivity index (χ1n) is 7.63. The van der Waals surface area contributed by atoms with E-state index in [1.165, 1.54) is 30.3 Å². The average Bonchev–Trinajstić information content (AvgIpc) is 2.93. The Kier molecular flexibility index (Phi) is 5.38. The van der Waals surface area contributed by atoms with Gasteiger partial charge >= 0.3 is 0 Å². The van der Waals surface area contributed by atoms with Gasteiger partial charge in [-0.1, -0.05) is 0 Å². The lowest BCUT2D eigenvalue weighted by Gasteiger charge is -2.04. The number of hydrogen-bond donors (Lipinski definition) is 5. The van der Waals surface area contributed by atoms with Crippen LogP contribution in [0.3, 0.4) is 0 Å². The van der Waals surface area contributed by atoms with Gasteiger partial charge in [-0.15, -0.1) is 10.2 Å². The molecule has 0 aliphatic carbocycles. The number of H-pyrrole nitrogens is 1. The summed E-state index contributed by atoms with van der Waals surface area (Å²) in [7, 11) is -8.27. The van der Waals surface area contributed by atoms with Crippen molar-refractivity contribution in [3.05, 3.63) is 42.5 Å². The normalized spacial score (nSPS) is 12.5. The smallest absolute Gasteiger partial charge is 0.294 e. The fourth-order valence-corrected chi connectivity index (χ4v) is 3.56. The van der Waals surface area contributed by atoms with E-state index in [1.807, 2.05) is 0 Å². The molecular weight excluding hydrogens is 442 g/mol. The molecule has 11 nitrogen and oxygen atoms in total. The molecule has 0 aliphatic heterocycles. The fourth-order valence-electron chi connectivity index (χ4n) is 2.38. The maximum absolute atomic E-state index is 11.3. The Labute approximate surface area is 170 Å². The quantitative estimate of drug-likeness (QED) is 0.225. The number of nitrogens with zero attached hydrogens (tertiary/aromatic N) is 2. The van der Waals surface area contributed by atoms with Crippen molar-refractivity contribution in [2.45, 2.75) is 9.79 Å². The maximum atomic E-state index is 11.3. The van der Waals surface area contributed by atoms with Crippen LogP contribution in [0.15, 0.2) is 62.5 Å². The Morgan fingerprint density at radius 3 is 2.28 bits per heavy atom. The van der Waals surface area contributed by atoms with Crippen molar-refractivity contribution in [3.63, 3.8) is 0 Å². The number of aromatic hydroxyl groups is 1. The third-order valence-corrected chi connectivity index (χ3v) is 5.66. The third kappa shape index (κ3) is 4.75. The van der Waals surface area contributed by atoms with Gasteiger partial charge in [0.15, 0.2) is 5.69 Å². The lowest BCUT2D eigenvalue weighted by molar-refractivity contribution is 0.459. The van der Waals surface area contributed by atoms with Gasteiger partial charge in [-0.25, -0.2) is 13.6 Å². The highest BCUT2D eigenvalue weighted by Crippen LogP contribution is 2.36. The topological polar surface area (TPSA) is 187 Å². The minimum absolute atomic E-state index is 0.0750. The molecule has 6 N–H and O–H groups in total. The molecule has 0 atom stereocenters. The van der Waals surface area contributed by atoms with E-state index in [0.717, 1.165) is 12.1 Å². The Hall–Kier alpha value is -2.91. The zero-order valence-electron chi connectivity index (χ0n) is 14.3. The molecule has 1 aromatic heterocycles. The number of aromatic amines is 1. The van der Waals surface area contributed by atoms with Gasteiger partial charge in [0, 0.05) is 11.1 Å². The highest BCUT2D eigenvalue weighted by Gasteiger charge is 2.16. The summed E-state index contributed by atoms with van der Waals surface area (Å²) in [6.45, 7) is 0. The minimum Gasteiger partial charge on any atom is -0.493 e. The largest absolute Gasteiger partial charge is 0.493 e. The number of anilines is 1. The van der Waals surface area contributed by atoms with Crippen LogP contribution in [0.2, 0.25) is 0 Å². The first-order chi connectivity index (χ1) is 13.4. The number of nitrogens with one attached hydrogen (secondary N) is 2. The van der Waals surface area contributed by atoms with E-state index in [-0.39, 0.29) is 31.9 Å². The van der Waals surface area contributed by atoms with Crippen LogP contribution in [0.5, 0.6) is 5.88 Å². The highest BCUT2D eigenvalue weighted by atomic mass is 32.2. The van der Waals surface area contributed by atoms with Crippen LogP contribution in [0, 0.1) is 0 Å². The number of thiocarbonyl (C=S) groups is 1. The van der Waals surface area contributed by atoms with E-state index >= 15 is 0 Å². The number of nitrogens with two attached hydrogens (primary N) is 1. The Morgan fingerprint density at radius 1 is 1.07 bits per heavy atom. The first kappa shape index (κ1) is 20.8. The SMILES string of the molecule is NS(=O)(=O)c1ccc(NC(=S)N=Nc2c(O)[nH]c3ccc(S(=O)(=O)O)cc23)cc1. The maximum Gasteiger partial charge on any atom is 0.294 e. The number of fused-ring (bicyclic) bond motifs is 1. The van der Waals surface area contributed by atoms with Crippen molar-refractivity contribution in [2.24, 2.45) is 15.4 Å². The summed E-state index contributed by atoms with van der Waals surface area (Å²) in [5.41, 5.74) is 0.693. The molecule has 0 saturated carbocycles. The standard InChI is InChI=1S/C15H13N5O6S3/c16-28(22,23)9-3-1-8(2-4-9)17-15(27)20-19-13-11-7-10(29(24,25)26)5-6-12(11)18-14(13)21/h1-7,18,21H,(H,17,27)(H2,16,22,23)(H,24,25,26). The van der Waals surface area contributed by atoms with Gasteiger partial charge in [0.05, 0.1) is 15.3 Å². The molecule has 2 aromatic carbocycles. The van der Waals surface area contributed by atoms with Gasteiger partial charge in [-0.3, -0.25) is 4.55 Å². The van der Waals surface area contributed by atoms with Gasteiger partial charge in [0.1, 0.15) is 0 Å². The molecule has 0 fully saturated rings. The second kappa shape index (κ2) is 7.49. The van der Waals surface area contributed by atoms with Crippen LogP contribution in [0.4, 0.5) is 11.4 Å². The Morgan fingerprint density at radius 2 is 1.69 bits per heavy atom. The van der Waals surface area contributed by atoms with Crippen molar-refractivity contribution in [3.8, 4) is 5.88 Å². The van der Waals surface area contributed by atoms with Crippen molar-refractivity contribution in [1.82, 2.24) is 4.98 Å². The molecule has 3 rings (SSSR count). The molecule has 1 heterocycles. The van der Waals surface area contributed by atoms with E-state index in [9.17, 15) is 21.9 Å². The van der Waals surface area contributed by atoms with Gasteiger partial charge < -0.3 is 15.4 Å². The molecule has 0 unspecified atom stereocenters. The number of aromatic nitrogens is 1. The van der Waals surface area contributed by atoms with E-state index in [4.69, 9.17) is 21.9 Å². The summed E-state index contributed by atoms with van der Waals surface area (Å²) >= 11 is 5.02. The molecule has 29 heavy (non-hydrogen) atoms. The van der Waals surface area contributed by atoms with Gasteiger partial charge in [-0.2, -0.15) is 8.42 Å². The van der Waals surface area contributed by atoms with Gasteiger partial charge in [-0.05, 0) is 54.7 Å². The van der Waals surface area contributed by atoms with E-state index in [1.54, 1.807) is 0 Å². The predicted octanol–water partition coefficient (Wildman–Crippen LogP) is 2.25. The summed E-state index contributed by atoms with van der Waals surface area (Å²) in [5.74, 6) is -0.378. The predicted molar refractivity (Wildman–Crippen MR) is 108 cm³/mol. The van der Waals surface area contributed by atoms with E-state index < -0.39 is 20.1 Å². The number of benzene rings is 2. The molecule has 0 saturated heterocycles. The van der Waals surface area contributed by atoms with Crippen LogP contribution in [-0.4, -0.2) is 36.6 Å². The zero-order valence-corrected chi connectivity index (χ0v) is 16.7. The Bertz CT molecular complexity index is 1350. The van der Waals surface area contributed by atoms with Crippen molar-refractivity contribution < 1.29 is 26.5 Å². The van der Waals surface area contributed by atoms with Crippen LogP contribution in [0.1, 0.15) is 0 Å². The van der Waals surface area contributed by atoms with Gasteiger partial charge in [0.2, 0.25) is 21.0 Å². The van der Waals surface area contributed by atoms with E-state index in [0.29, 0.717) is 11.2 Å². The van der Waals surface area contributed by atoms with Crippen LogP contribution in [0.25, 0.3) is 10.9 Å². The van der Waals surface area contributed by atoms with E-state index in [2.05, 4.69) is 20.5 Å². The molecule has 0 radical (unpaired) electrons. The van der Waals surface area contributed by atoms with Crippen LogP contribution >= 0.6 is 12.2 Å². The van der Waals surface area contributed by atoms with Crippen molar-refractivity contribution >= 4 is 59.7 Å². The summed E-state index contributed by atoms with van der Waals surface area (Å²) in [6, 6.07) is 9.02. The molecule has 152 valence electrons. The summed E-state index contributed by atoms with van der Waals surface area (Å²) in [5, 5.41) is 25.3. The monoisotopic (exact) mass is 455 g/mol. The molecule has 0 amide bonds. The summed E-state index contributed by atoms with van der Waals surface area (Å²) in [4.78, 5) is 2.14. The third-order valence-electron chi connectivity index (χ3n) is 3.70. The highest BCUT2D eigenvalue weighted by molar-refractivity contribution is 7.89. The second-order valence-electron chi connectivity index (χ2n) is 5.70. The fraction of sp³-hybridized carbons (Fsp3) is 0. The van der Waals surface area contributed by atoms with Crippen molar-refractivity contribution in [2.75, 3.05) is 5.32 Å². The zero-order chi connectivity index (χ0) is 21.4. The Balaban J connectivity index is 1.84. The molecule has 0 bridgehead atoms. The molecule has 0 aliphatic rings. The lowest BCUT2D eigenvalue weighted by atomic mass is 10.2. The number of rotatable bonds is 4. The molecule has 3 aromatic rings. The second-order valence-corrected chi connectivity index (χ2v) is 9.07. The van der Waals surface area contributed by atoms with Crippen molar-refractivity contribution in [1.29, 1.82) is 0 Å². The number of azo groups is 1. The van der Waals surface area contributed by atoms with Gasteiger partial charge in [0.25, 0.3) is 10.1 Å². The number of sulfonamides is 1. The summed E-state index contributed by atoms with van der Waals surface area (Å²) in [6.07, 6.45) is 0. The average molecular weight is 455 g/mol.